The molecule has 1 aromatic carbocycles. The SMILES string of the molecule is N=C/C=N\Nc1cc(F)cc(Nc2nc(N[C@@H]3CCCC[C@@H]3N)ncc2C(N)=O)c1. The summed E-state index contributed by atoms with van der Waals surface area (Å²) in [5, 5.41) is 16.8. The van der Waals surface area contributed by atoms with Crippen LogP contribution in [0.4, 0.5) is 27.5 Å². The molecule has 1 heterocycles. The normalized spacial score (nSPS) is 18.7. The third-order valence-electron chi connectivity index (χ3n) is 4.69. The molecule has 1 aliphatic rings. The maximum Gasteiger partial charge on any atom is 0.254 e. The molecule has 158 valence electrons. The summed E-state index contributed by atoms with van der Waals surface area (Å²) in [7, 11) is 0. The molecule has 0 unspecified atom stereocenters. The van der Waals surface area contributed by atoms with Crippen molar-refractivity contribution < 1.29 is 9.18 Å². The van der Waals surface area contributed by atoms with Crippen molar-refractivity contribution in [3.63, 3.8) is 0 Å². The van der Waals surface area contributed by atoms with Crippen LogP contribution in [0, 0.1) is 11.2 Å². The highest BCUT2D eigenvalue weighted by molar-refractivity contribution is 6.14. The maximum atomic E-state index is 14.0. The van der Waals surface area contributed by atoms with E-state index in [1.807, 2.05) is 0 Å². The van der Waals surface area contributed by atoms with Gasteiger partial charge < -0.3 is 27.5 Å². The molecule has 1 saturated carbocycles. The van der Waals surface area contributed by atoms with Crippen molar-refractivity contribution >= 4 is 41.5 Å². The Balaban J connectivity index is 1.85. The first-order valence-corrected chi connectivity index (χ1v) is 9.51. The van der Waals surface area contributed by atoms with Crippen LogP contribution in [0.3, 0.4) is 0 Å². The molecule has 30 heavy (non-hydrogen) atoms. The Kier molecular flexibility index (Phi) is 6.86. The number of aromatic nitrogens is 2. The summed E-state index contributed by atoms with van der Waals surface area (Å²) in [5.74, 6) is -0.809. The van der Waals surface area contributed by atoms with Gasteiger partial charge in [-0.05, 0) is 31.0 Å². The quantitative estimate of drug-likeness (QED) is 0.285. The zero-order valence-electron chi connectivity index (χ0n) is 16.2. The Labute approximate surface area is 172 Å². The smallest absolute Gasteiger partial charge is 0.254 e. The Morgan fingerprint density at radius 1 is 1.27 bits per heavy atom. The van der Waals surface area contributed by atoms with Crippen molar-refractivity contribution in [1.82, 2.24) is 9.97 Å². The number of nitrogens with one attached hydrogen (secondary N) is 4. The number of benzene rings is 1. The molecule has 2 aromatic rings. The average molecular weight is 413 g/mol. The van der Waals surface area contributed by atoms with Crippen molar-refractivity contribution in [2.24, 2.45) is 16.6 Å². The summed E-state index contributed by atoms with van der Waals surface area (Å²) in [6.07, 6.45) is 7.49. The second kappa shape index (κ2) is 9.74. The Hall–Kier alpha value is -3.60. The molecule has 0 saturated heterocycles. The molecule has 8 N–H and O–H groups in total. The van der Waals surface area contributed by atoms with Gasteiger partial charge in [0.2, 0.25) is 5.95 Å². The number of carbonyl (C=O) groups excluding carboxylic acids is 1. The molecule has 3 rings (SSSR count). The summed E-state index contributed by atoms with van der Waals surface area (Å²) in [5.41, 5.74) is 14.9. The van der Waals surface area contributed by atoms with Crippen LogP contribution in [0.1, 0.15) is 36.0 Å². The predicted octanol–water partition coefficient (Wildman–Crippen LogP) is 2.19. The van der Waals surface area contributed by atoms with Gasteiger partial charge in [0.1, 0.15) is 17.2 Å². The number of anilines is 4. The number of nitrogens with two attached hydrogens (primary N) is 2. The van der Waals surface area contributed by atoms with Gasteiger partial charge in [-0.2, -0.15) is 10.1 Å². The molecule has 11 heteroatoms. The van der Waals surface area contributed by atoms with Crippen molar-refractivity contribution in [3.8, 4) is 0 Å². The minimum atomic E-state index is -0.719. The van der Waals surface area contributed by atoms with Gasteiger partial charge in [0.25, 0.3) is 5.91 Å². The largest absolute Gasteiger partial charge is 0.365 e. The van der Waals surface area contributed by atoms with E-state index >= 15 is 0 Å². The molecule has 10 nitrogen and oxygen atoms in total. The lowest BCUT2D eigenvalue weighted by Gasteiger charge is -2.29. The van der Waals surface area contributed by atoms with Gasteiger partial charge >= 0.3 is 0 Å². The van der Waals surface area contributed by atoms with E-state index in [1.165, 1.54) is 24.5 Å². The molecule has 0 aliphatic heterocycles. The van der Waals surface area contributed by atoms with Gasteiger partial charge in [-0.15, -0.1) is 0 Å². The molecule has 1 fully saturated rings. The van der Waals surface area contributed by atoms with Crippen LogP contribution in [0.15, 0.2) is 29.5 Å². The topological polar surface area (TPSA) is 167 Å². The predicted molar refractivity (Wildman–Crippen MR) is 115 cm³/mol. The minimum Gasteiger partial charge on any atom is -0.365 e. The van der Waals surface area contributed by atoms with E-state index in [4.69, 9.17) is 16.9 Å². The van der Waals surface area contributed by atoms with Gasteiger partial charge in [0, 0.05) is 30.2 Å². The van der Waals surface area contributed by atoms with E-state index in [-0.39, 0.29) is 23.5 Å². The highest BCUT2D eigenvalue weighted by atomic mass is 19.1. The third kappa shape index (κ3) is 5.47. The van der Waals surface area contributed by atoms with Crippen LogP contribution in [0.25, 0.3) is 0 Å². The number of hydrogen-bond acceptors (Lipinski definition) is 9. The zero-order chi connectivity index (χ0) is 21.5. The van der Waals surface area contributed by atoms with Crippen LogP contribution in [-0.2, 0) is 0 Å². The zero-order valence-corrected chi connectivity index (χ0v) is 16.2. The average Bonchev–Trinajstić information content (AvgIpc) is 2.69. The van der Waals surface area contributed by atoms with E-state index in [0.29, 0.717) is 17.3 Å². The number of amides is 1. The number of halogens is 1. The summed E-state index contributed by atoms with van der Waals surface area (Å²) < 4.78 is 14.0. The first-order valence-electron chi connectivity index (χ1n) is 9.51. The van der Waals surface area contributed by atoms with Crippen LogP contribution in [-0.4, -0.2) is 40.4 Å². The lowest BCUT2D eigenvalue weighted by Crippen LogP contribution is -2.43. The lowest BCUT2D eigenvalue weighted by atomic mass is 9.91. The number of hydrogen-bond donors (Lipinski definition) is 6. The van der Waals surface area contributed by atoms with Crippen LogP contribution < -0.4 is 27.5 Å². The third-order valence-corrected chi connectivity index (χ3v) is 4.69. The van der Waals surface area contributed by atoms with Crippen molar-refractivity contribution in [2.45, 2.75) is 37.8 Å². The molecule has 1 amide bonds. The van der Waals surface area contributed by atoms with E-state index in [2.05, 4.69) is 31.1 Å². The second-order valence-electron chi connectivity index (χ2n) is 6.93. The molecular formula is C19H24FN9O. The summed E-state index contributed by atoms with van der Waals surface area (Å²) in [6, 6.07) is 4.07. The number of carbonyl (C=O) groups is 1. The van der Waals surface area contributed by atoms with E-state index in [0.717, 1.165) is 31.9 Å². The first kappa shape index (κ1) is 21.1. The molecule has 2 atom stereocenters. The Bertz CT molecular complexity index is 950. The number of rotatable bonds is 8. The minimum absolute atomic E-state index is 0.00653. The fourth-order valence-electron chi connectivity index (χ4n) is 3.24. The van der Waals surface area contributed by atoms with Crippen molar-refractivity contribution in [1.29, 1.82) is 5.41 Å². The van der Waals surface area contributed by atoms with Crippen LogP contribution in [0.2, 0.25) is 0 Å². The van der Waals surface area contributed by atoms with Gasteiger partial charge in [-0.25, -0.2) is 9.37 Å². The molecule has 1 aromatic heterocycles. The summed E-state index contributed by atoms with van der Waals surface area (Å²) in [4.78, 5) is 20.3. The molecule has 0 spiro atoms. The van der Waals surface area contributed by atoms with Gasteiger partial charge in [0.05, 0.1) is 11.9 Å². The number of nitrogens with zero attached hydrogens (tertiary/aromatic N) is 3. The van der Waals surface area contributed by atoms with Crippen molar-refractivity contribution in [3.05, 3.63) is 35.8 Å². The lowest BCUT2D eigenvalue weighted by molar-refractivity contribution is 0.100. The Morgan fingerprint density at radius 3 is 2.77 bits per heavy atom. The second-order valence-corrected chi connectivity index (χ2v) is 6.93. The summed E-state index contributed by atoms with van der Waals surface area (Å²) in [6.45, 7) is 0. The monoisotopic (exact) mass is 413 g/mol. The van der Waals surface area contributed by atoms with Gasteiger partial charge in [-0.1, -0.05) is 12.8 Å². The van der Waals surface area contributed by atoms with Crippen molar-refractivity contribution in [2.75, 3.05) is 16.1 Å². The Morgan fingerprint density at radius 2 is 2.03 bits per heavy atom. The fourth-order valence-corrected chi connectivity index (χ4v) is 3.24. The van der Waals surface area contributed by atoms with Gasteiger partial charge in [0.15, 0.2) is 0 Å². The number of hydrazone groups is 1. The molecule has 0 radical (unpaired) electrons. The standard InChI is InChI=1S/C19H24FN9O/c20-11-7-12(9-13(8-11)29-25-6-5-21)26-18-14(17(23)30)10-24-19(28-18)27-16-4-2-1-3-15(16)22/h5-10,15-16,21,29H,1-4,22H2,(H2,23,30)(H2,24,26,27,28)/b21-5?,25-6-/t15-,16+/m0/s1. The van der Waals surface area contributed by atoms with Crippen LogP contribution in [0.5, 0.6) is 0 Å². The highest BCUT2D eigenvalue weighted by Gasteiger charge is 2.23. The van der Waals surface area contributed by atoms with E-state index in [9.17, 15) is 9.18 Å². The summed E-state index contributed by atoms with van der Waals surface area (Å²) >= 11 is 0. The fraction of sp³-hybridized carbons (Fsp3) is 0.316. The molecule has 0 bridgehead atoms. The van der Waals surface area contributed by atoms with E-state index in [1.54, 1.807) is 6.07 Å². The molecule has 1 aliphatic carbocycles. The van der Waals surface area contributed by atoms with Crippen LogP contribution >= 0.6 is 0 Å². The first-order chi connectivity index (χ1) is 14.5. The van der Waals surface area contributed by atoms with E-state index < -0.39 is 11.7 Å². The van der Waals surface area contributed by atoms with Gasteiger partial charge in [-0.3, -0.25) is 10.2 Å². The maximum absolute atomic E-state index is 14.0. The highest BCUT2D eigenvalue weighted by Crippen LogP contribution is 2.25. The number of primary amides is 1. The molecular weight excluding hydrogens is 389 g/mol.